The molecule has 0 aliphatic heterocycles. The van der Waals surface area contributed by atoms with E-state index in [0.29, 0.717) is 18.7 Å². The van der Waals surface area contributed by atoms with Crippen LogP contribution in [0.25, 0.3) is 0 Å². The van der Waals surface area contributed by atoms with Crippen LogP contribution in [0.5, 0.6) is 0 Å². The average molecular weight is 143 g/mol. The van der Waals surface area contributed by atoms with Gasteiger partial charge in [0.15, 0.2) is 5.78 Å². The molecule has 58 valence electrons. The maximum absolute atomic E-state index is 10.8. The van der Waals surface area contributed by atoms with Crippen molar-refractivity contribution in [3.8, 4) is 0 Å². The van der Waals surface area contributed by atoms with Crippen LogP contribution in [0.1, 0.15) is 13.3 Å². The van der Waals surface area contributed by atoms with Crippen LogP contribution in [0.3, 0.4) is 0 Å². The average Bonchev–Trinajstić information content (AvgIpc) is 1.98. The van der Waals surface area contributed by atoms with Gasteiger partial charge < -0.3 is 10.4 Å². The van der Waals surface area contributed by atoms with E-state index >= 15 is 0 Å². The highest BCUT2D eigenvalue weighted by molar-refractivity contribution is 5.93. The zero-order valence-corrected chi connectivity index (χ0v) is 6.18. The van der Waals surface area contributed by atoms with Crippen LogP contribution < -0.4 is 5.32 Å². The summed E-state index contributed by atoms with van der Waals surface area (Å²) in [5.41, 5.74) is 0.386. The number of nitrogens with one attached hydrogen (secondary N) is 1. The van der Waals surface area contributed by atoms with E-state index in [0.717, 1.165) is 0 Å². The Morgan fingerprint density at radius 3 is 2.70 bits per heavy atom. The predicted octanol–water partition coefficient (Wildman–Crippen LogP) is 0.0611. The number of aliphatic hydroxyl groups is 1. The number of carbonyl (C=O) groups is 1. The molecular formula is C7H13NO2. The molecule has 2 N–H and O–H groups in total. The zero-order chi connectivity index (χ0) is 7.98. The van der Waals surface area contributed by atoms with E-state index in [1.807, 2.05) is 0 Å². The number of Topliss-reactive ketones (excluding diaryl/α,β-unsaturated/α-hetero) is 1. The lowest BCUT2D eigenvalue weighted by Crippen LogP contribution is -2.22. The van der Waals surface area contributed by atoms with E-state index in [1.54, 1.807) is 6.92 Å². The van der Waals surface area contributed by atoms with Crippen molar-refractivity contribution in [2.75, 3.05) is 13.2 Å². The molecule has 0 saturated heterocycles. The normalized spacial score (nSPS) is 9.00. The molecule has 0 atom stereocenters. The summed E-state index contributed by atoms with van der Waals surface area (Å²) in [6.45, 7) is 5.68. The maximum Gasteiger partial charge on any atom is 0.177 e. The van der Waals surface area contributed by atoms with Gasteiger partial charge in [-0.1, -0.05) is 13.5 Å². The van der Waals surface area contributed by atoms with E-state index in [4.69, 9.17) is 5.11 Å². The second kappa shape index (κ2) is 4.99. The largest absolute Gasteiger partial charge is 0.395 e. The molecule has 0 aliphatic carbocycles. The molecule has 0 unspecified atom stereocenters. The summed E-state index contributed by atoms with van der Waals surface area (Å²) in [5, 5.41) is 11.0. The van der Waals surface area contributed by atoms with Crippen LogP contribution in [-0.2, 0) is 4.79 Å². The van der Waals surface area contributed by atoms with Crippen molar-refractivity contribution in [1.29, 1.82) is 0 Å². The number of rotatable bonds is 5. The molecule has 0 fully saturated rings. The molecular weight excluding hydrogens is 130 g/mol. The van der Waals surface area contributed by atoms with Gasteiger partial charge in [0.05, 0.1) is 12.3 Å². The van der Waals surface area contributed by atoms with Gasteiger partial charge in [0.1, 0.15) is 0 Å². The van der Waals surface area contributed by atoms with Crippen molar-refractivity contribution in [3.63, 3.8) is 0 Å². The Morgan fingerprint density at radius 1 is 1.70 bits per heavy atom. The summed E-state index contributed by atoms with van der Waals surface area (Å²) >= 11 is 0. The first-order chi connectivity index (χ1) is 4.72. The maximum atomic E-state index is 10.8. The number of aliphatic hydroxyl groups excluding tert-OH is 1. The van der Waals surface area contributed by atoms with Crippen LogP contribution in [0, 0.1) is 0 Å². The van der Waals surface area contributed by atoms with E-state index < -0.39 is 0 Å². The van der Waals surface area contributed by atoms with Crippen molar-refractivity contribution in [2.45, 2.75) is 13.3 Å². The SMILES string of the molecule is C=C(NCCO)C(=O)CC. The van der Waals surface area contributed by atoms with Crippen molar-refractivity contribution >= 4 is 5.78 Å². The standard InChI is InChI=1S/C7H13NO2/c1-3-7(10)6(2)8-4-5-9/h8-9H,2-5H2,1H3. The molecule has 0 aromatic carbocycles. The summed E-state index contributed by atoms with van der Waals surface area (Å²) in [6, 6.07) is 0. The Balaban J connectivity index is 3.52. The third-order valence-electron chi connectivity index (χ3n) is 1.11. The van der Waals surface area contributed by atoms with Gasteiger partial charge in [-0.05, 0) is 0 Å². The van der Waals surface area contributed by atoms with Crippen molar-refractivity contribution in [1.82, 2.24) is 5.32 Å². The van der Waals surface area contributed by atoms with Crippen LogP contribution in [0.4, 0.5) is 0 Å². The molecule has 0 rings (SSSR count). The number of allylic oxidation sites excluding steroid dienone is 1. The fourth-order valence-corrected chi connectivity index (χ4v) is 0.519. The van der Waals surface area contributed by atoms with E-state index in [-0.39, 0.29) is 12.4 Å². The minimum atomic E-state index is -0.00606. The molecule has 0 aliphatic rings. The van der Waals surface area contributed by atoms with Crippen molar-refractivity contribution in [2.24, 2.45) is 0 Å². The van der Waals surface area contributed by atoms with E-state index in [2.05, 4.69) is 11.9 Å². The fraction of sp³-hybridized carbons (Fsp3) is 0.571. The number of hydrogen-bond acceptors (Lipinski definition) is 3. The molecule has 0 saturated carbocycles. The molecule has 0 bridgehead atoms. The Bertz CT molecular complexity index is 132. The highest BCUT2D eigenvalue weighted by atomic mass is 16.3. The minimum absolute atomic E-state index is 0.00606. The van der Waals surface area contributed by atoms with Crippen molar-refractivity contribution in [3.05, 3.63) is 12.3 Å². The first-order valence-electron chi connectivity index (χ1n) is 3.29. The summed E-state index contributed by atoms with van der Waals surface area (Å²) in [7, 11) is 0. The first kappa shape index (κ1) is 9.17. The molecule has 0 spiro atoms. The van der Waals surface area contributed by atoms with E-state index in [1.165, 1.54) is 0 Å². The predicted molar refractivity (Wildman–Crippen MR) is 39.5 cm³/mol. The third kappa shape index (κ3) is 3.25. The molecule has 0 amide bonds. The van der Waals surface area contributed by atoms with Gasteiger partial charge in [-0.25, -0.2) is 0 Å². The molecule has 3 heteroatoms. The first-order valence-corrected chi connectivity index (χ1v) is 3.29. The summed E-state index contributed by atoms with van der Waals surface area (Å²) in [6.07, 6.45) is 0.456. The summed E-state index contributed by atoms with van der Waals surface area (Å²) in [4.78, 5) is 10.8. The zero-order valence-electron chi connectivity index (χ0n) is 6.18. The van der Waals surface area contributed by atoms with Gasteiger partial charge in [-0.2, -0.15) is 0 Å². The number of hydrogen-bond donors (Lipinski definition) is 2. The second-order valence-corrected chi connectivity index (χ2v) is 1.91. The lowest BCUT2D eigenvalue weighted by molar-refractivity contribution is -0.115. The summed E-state index contributed by atoms with van der Waals surface area (Å²) < 4.78 is 0. The van der Waals surface area contributed by atoms with Gasteiger partial charge >= 0.3 is 0 Å². The van der Waals surface area contributed by atoms with Gasteiger partial charge in [-0.3, -0.25) is 4.79 Å². The summed E-state index contributed by atoms with van der Waals surface area (Å²) in [5.74, 6) is -0.00606. The minimum Gasteiger partial charge on any atom is -0.395 e. The molecule has 0 heterocycles. The van der Waals surface area contributed by atoms with E-state index in [9.17, 15) is 4.79 Å². The second-order valence-electron chi connectivity index (χ2n) is 1.91. The highest BCUT2D eigenvalue weighted by Crippen LogP contribution is 1.90. The van der Waals surface area contributed by atoms with Crippen LogP contribution in [0.2, 0.25) is 0 Å². The Hall–Kier alpha value is -0.830. The Morgan fingerprint density at radius 2 is 2.30 bits per heavy atom. The van der Waals surface area contributed by atoms with Gasteiger partial charge in [0, 0.05) is 13.0 Å². The molecule has 0 aromatic rings. The van der Waals surface area contributed by atoms with Gasteiger partial charge in [-0.15, -0.1) is 0 Å². The lowest BCUT2D eigenvalue weighted by atomic mass is 10.2. The van der Waals surface area contributed by atoms with Gasteiger partial charge in [0.25, 0.3) is 0 Å². The number of ketones is 1. The highest BCUT2D eigenvalue weighted by Gasteiger charge is 2.00. The quantitative estimate of drug-likeness (QED) is 0.535. The molecule has 10 heavy (non-hydrogen) atoms. The Kier molecular flexibility index (Phi) is 4.58. The lowest BCUT2D eigenvalue weighted by Gasteiger charge is -2.03. The monoisotopic (exact) mass is 143 g/mol. The topological polar surface area (TPSA) is 49.3 Å². The number of carbonyl (C=O) groups excluding carboxylic acids is 1. The Labute approximate surface area is 60.7 Å². The third-order valence-corrected chi connectivity index (χ3v) is 1.11. The molecule has 0 aromatic heterocycles. The van der Waals surface area contributed by atoms with Crippen LogP contribution in [0.15, 0.2) is 12.3 Å². The van der Waals surface area contributed by atoms with Gasteiger partial charge in [0.2, 0.25) is 0 Å². The molecule has 0 radical (unpaired) electrons. The molecule has 3 nitrogen and oxygen atoms in total. The van der Waals surface area contributed by atoms with Crippen molar-refractivity contribution < 1.29 is 9.90 Å². The fourth-order valence-electron chi connectivity index (χ4n) is 0.519. The van der Waals surface area contributed by atoms with Crippen LogP contribution >= 0.6 is 0 Å². The van der Waals surface area contributed by atoms with Crippen LogP contribution in [-0.4, -0.2) is 24.0 Å². The smallest absolute Gasteiger partial charge is 0.177 e.